The third-order valence-electron chi connectivity index (χ3n) is 2.96. The number of rotatable bonds is 4. The van der Waals surface area contributed by atoms with Crippen molar-refractivity contribution in [2.45, 2.75) is 13.3 Å². The van der Waals surface area contributed by atoms with E-state index in [1.807, 2.05) is 14.0 Å². The third kappa shape index (κ3) is 2.74. The van der Waals surface area contributed by atoms with Crippen LogP contribution in [0.4, 0.5) is 11.4 Å². The molecule has 0 atom stereocenters. The Labute approximate surface area is 117 Å². The lowest BCUT2D eigenvalue weighted by Gasteiger charge is -2.09. The Balaban J connectivity index is 2.28. The normalized spacial score (nSPS) is 10.3. The number of benzene rings is 1. The van der Waals surface area contributed by atoms with Crippen LogP contribution in [0.5, 0.6) is 5.75 Å². The first-order valence-corrected chi connectivity index (χ1v) is 6.32. The predicted octanol–water partition coefficient (Wildman–Crippen LogP) is 1.83. The zero-order chi connectivity index (χ0) is 14.7. The number of carbonyl (C=O) groups is 1. The summed E-state index contributed by atoms with van der Waals surface area (Å²) in [7, 11) is 3.33. The van der Waals surface area contributed by atoms with Crippen molar-refractivity contribution in [1.29, 1.82) is 0 Å². The Kier molecular flexibility index (Phi) is 3.93. The SMILES string of the molecule is CCc1nn(C)cc1NC(=O)c1ccc(N)cc1OC. The molecule has 2 aromatic rings. The Morgan fingerprint density at radius 1 is 1.50 bits per heavy atom. The fraction of sp³-hybridized carbons (Fsp3) is 0.286. The smallest absolute Gasteiger partial charge is 0.259 e. The lowest BCUT2D eigenvalue weighted by atomic mass is 10.1. The molecular weight excluding hydrogens is 256 g/mol. The highest BCUT2D eigenvalue weighted by atomic mass is 16.5. The van der Waals surface area contributed by atoms with Gasteiger partial charge in [-0.1, -0.05) is 6.92 Å². The van der Waals surface area contributed by atoms with Gasteiger partial charge in [0.15, 0.2) is 0 Å². The summed E-state index contributed by atoms with van der Waals surface area (Å²) in [5, 5.41) is 7.13. The maximum Gasteiger partial charge on any atom is 0.259 e. The molecule has 20 heavy (non-hydrogen) atoms. The first-order valence-electron chi connectivity index (χ1n) is 6.32. The van der Waals surface area contributed by atoms with E-state index in [2.05, 4.69) is 10.4 Å². The molecule has 0 aliphatic rings. The van der Waals surface area contributed by atoms with Gasteiger partial charge in [0.25, 0.3) is 5.91 Å². The standard InChI is InChI=1S/C14H18N4O2/c1-4-11-12(8-18(2)17-11)16-14(19)10-6-5-9(15)7-13(10)20-3/h5-8H,4,15H2,1-3H3,(H,16,19). The zero-order valence-corrected chi connectivity index (χ0v) is 11.8. The first kappa shape index (κ1) is 13.9. The van der Waals surface area contributed by atoms with Gasteiger partial charge in [0, 0.05) is 25.0 Å². The van der Waals surface area contributed by atoms with Crippen molar-refractivity contribution in [1.82, 2.24) is 9.78 Å². The summed E-state index contributed by atoms with van der Waals surface area (Å²) in [5.74, 6) is 0.203. The van der Waals surface area contributed by atoms with E-state index in [1.54, 1.807) is 29.1 Å². The lowest BCUT2D eigenvalue weighted by Crippen LogP contribution is -2.14. The second kappa shape index (κ2) is 5.64. The molecule has 0 aliphatic heterocycles. The van der Waals surface area contributed by atoms with E-state index in [0.29, 0.717) is 22.7 Å². The van der Waals surface area contributed by atoms with Gasteiger partial charge in [-0.05, 0) is 18.6 Å². The van der Waals surface area contributed by atoms with Crippen LogP contribution in [0.2, 0.25) is 0 Å². The minimum absolute atomic E-state index is 0.246. The molecule has 1 aromatic heterocycles. The topological polar surface area (TPSA) is 82.2 Å². The largest absolute Gasteiger partial charge is 0.496 e. The summed E-state index contributed by atoms with van der Waals surface area (Å²) in [6.07, 6.45) is 2.52. The molecule has 3 N–H and O–H groups in total. The van der Waals surface area contributed by atoms with E-state index in [0.717, 1.165) is 12.1 Å². The fourth-order valence-electron chi connectivity index (χ4n) is 1.99. The van der Waals surface area contributed by atoms with Gasteiger partial charge in [0.2, 0.25) is 0 Å². The number of hydrogen-bond donors (Lipinski definition) is 2. The third-order valence-corrected chi connectivity index (χ3v) is 2.96. The first-order chi connectivity index (χ1) is 9.55. The van der Waals surface area contributed by atoms with Gasteiger partial charge in [-0.3, -0.25) is 9.48 Å². The number of hydrogen-bond acceptors (Lipinski definition) is 4. The Morgan fingerprint density at radius 2 is 2.25 bits per heavy atom. The number of ether oxygens (including phenoxy) is 1. The van der Waals surface area contributed by atoms with E-state index in [4.69, 9.17) is 10.5 Å². The fourth-order valence-corrected chi connectivity index (χ4v) is 1.99. The second-order valence-electron chi connectivity index (χ2n) is 4.43. The highest BCUT2D eigenvalue weighted by molar-refractivity contribution is 6.06. The summed E-state index contributed by atoms with van der Waals surface area (Å²) >= 11 is 0. The molecule has 0 aliphatic carbocycles. The number of nitrogens with one attached hydrogen (secondary N) is 1. The molecule has 106 valence electrons. The van der Waals surface area contributed by atoms with Gasteiger partial charge in [-0.15, -0.1) is 0 Å². The van der Waals surface area contributed by atoms with Gasteiger partial charge in [0.1, 0.15) is 5.75 Å². The van der Waals surface area contributed by atoms with Crippen LogP contribution in [0.15, 0.2) is 24.4 Å². The number of nitrogen functional groups attached to an aromatic ring is 1. The van der Waals surface area contributed by atoms with Crippen LogP contribution in [0.1, 0.15) is 23.0 Å². The van der Waals surface area contributed by atoms with Crippen LogP contribution < -0.4 is 15.8 Å². The molecule has 0 radical (unpaired) electrons. The highest BCUT2D eigenvalue weighted by Gasteiger charge is 2.15. The van der Waals surface area contributed by atoms with Crippen molar-refractivity contribution >= 4 is 17.3 Å². The molecule has 6 nitrogen and oxygen atoms in total. The van der Waals surface area contributed by atoms with Crippen LogP contribution in [0.25, 0.3) is 0 Å². The van der Waals surface area contributed by atoms with Crippen molar-refractivity contribution in [2.75, 3.05) is 18.2 Å². The van der Waals surface area contributed by atoms with Crippen molar-refractivity contribution < 1.29 is 9.53 Å². The summed E-state index contributed by atoms with van der Waals surface area (Å²) in [6.45, 7) is 1.99. The van der Waals surface area contributed by atoms with E-state index in [1.165, 1.54) is 7.11 Å². The minimum Gasteiger partial charge on any atom is -0.496 e. The van der Waals surface area contributed by atoms with Crippen LogP contribution in [0.3, 0.4) is 0 Å². The molecule has 1 heterocycles. The number of carbonyl (C=O) groups excluding carboxylic acids is 1. The van der Waals surface area contributed by atoms with Crippen LogP contribution in [0, 0.1) is 0 Å². The molecule has 0 saturated heterocycles. The Morgan fingerprint density at radius 3 is 2.90 bits per heavy atom. The summed E-state index contributed by atoms with van der Waals surface area (Å²) in [5.41, 5.74) is 8.22. The van der Waals surface area contributed by atoms with E-state index in [-0.39, 0.29) is 5.91 Å². The summed E-state index contributed by atoms with van der Waals surface area (Å²) in [6, 6.07) is 4.94. The minimum atomic E-state index is -0.246. The van der Waals surface area contributed by atoms with Gasteiger partial charge in [0.05, 0.1) is 24.1 Å². The molecule has 1 amide bonds. The molecule has 0 unspecified atom stereocenters. The van der Waals surface area contributed by atoms with Crippen molar-refractivity contribution in [3.63, 3.8) is 0 Å². The van der Waals surface area contributed by atoms with Crippen LogP contribution >= 0.6 is 0 Å². The molecule has 6 heteroatoms. The lowest BCUT2D eigenvalue weighted by molar-refractivity contribution is 0.102. The van der Waals surface area contributed by atoms with Gasteiger partial charge in [-0.25, -0.2) is 0 Å². The number of amides is 1. The number of aromatic nitrogens is 2. The molecule has 0 spiro atoms. The Hall–Kier alpha value is -2.50. The maximum absolute atomic E-state index is 12.3. The van der Waals surface area contributed by atoms with E-state index >= 15 is 0 Å². The average molecular weight is 274 g/mol. The van der Waals surface area contributed by atoms with E-state index in [9.17, 15) is 4.79 Å². The molecule has 0 fully saturated rings. The quantitative estimate of drug-likeness (QED) is 0.833. The second-order valence-corrected chi connectivity index (χ2v) is 4.43. The van der Waals surface area contributed by atoms with Gasteiger partial charge >= 0.3 is 0 Å². The van der Waals surface area contributed by atoms with Crippen LogP contribution in [-0.2, 0) is 13.5 Å². The monoisotopic (exact) mass is 274 g/mol. The highest BCUT2D eigenvalue weighted by Crippen LogP contribution is 2.23. The summed E-state index contributed by atoms with van der Waals surface area (Å²) in [4.78, 5) is 12.3. The number of anilines is 2. The van der Waals surface area contributed by atoms with Gasteiger partial charge < -0.3 is 15.8 Å². The molecule has 0 bridgehead atoms. The molecule has 2 rings (SSSR count). The van der Waals surface area contributed by atoms with Gasteiger partial charge in [-0.2, -0.15) is 5.10 Å². The zero-order valence-electron chi connectivity index (χ0n) is 11.8. The molecular formula is C14H18N4O2. The Bertz CT molecular complexity index is 634. The number of methoxy groups -OCH3 is 1. The van der Waals surface area contributed by atoms with E-state index < -0.39 is 0 Å². The van der Waals surface area contributed by atoms with Crippen LogP contribution in [-0.4, -0.2) is 22.8 Å². The van der Waals surface area contributed by atoms with Crippen molar-refractivity contribution in [3.8, 4) is 5.75 Å². The van der Waals surface area contributed by atoms with Crippen molar-refractivity contribution in [3.05, 3.63) is 35.7 Å². The average Bonchev–Trinajstić information content (AvgIpc) is 2.78. The molecule has 0 saturated carbocycles. The number of nitrogens with zero attached hydrogens (tertiary/aromatic N) is 2. The predicted molar refractivity (Wildman–Crippen MR) is 77.9 cm³/mol. The molecule has 1 aromatic carbocycles. The van der Waals surface area contributed by atoms with Crippen molar-refractivity contribution in [2.24, 2.45) is 7.05 Å². The summed E-state index contributed by atoms with van der Waals surface area (Å²) < 4.78 is 6.86. The number of aryl methyl sites for hydroxylation is 2. The maximum atomic E-state index is 12.3. The number of nitrogens with two attached hydrogens (primary N) is 1.